The van der Waals surface area contributed by atoms with E-state index in [2.05, 4.69) is 4.74 Å². The van der Waals surface area contributed by atoms with Gasteiger partial charge in [-0.2, -0.15) is 0 Å². The summed E-state index contributed by atoms with van der Waals surface area (Å²) in [5.74, 6) is -1.24. The quantitative estimate of drug-likeness (QED) is 0.340. The second-order valence-corrected chi connectivity index (χ2v) is 2.02. The molecule has 0 aromatic heterocycles. The van der Waals surface area contributed by atoms with Crippen LogP contribution in [0.1, 0.15) is 6.42 Å². The Hall–Kier alpha value is 1.03. The minimum absolute atomic E-state index is 0. The average Bonchev–Trinajstić information content (AvgIpc) is 2.40. The van der Waals surface area contributed by atoms with Crippen LogP contribution in [0.3, 0.4) is 0 Å². The summed E-state index contributed by atoms with van der Waals surface area (Å²) in [5, 5.41) is 18.6. The molecule has 0 aromatic rings. The first kappa shape index (κ1) is 11.0. The van der Waals surface area contributed by atoms with Crippen LogP contribution in [0.2, 0.25) is 0 Å². The van der Waals surface area contributed by atoms with Gasteiger partial charge in [-0.3, -0.25) is 0 Å². The molecule has 0 aliphatic carbocycles. The van der Waals surface area contributed by atoms with Gasteiger partial charge in [0.2, 0.25) is 0 Å². The van der Waals surface area contributed by atoms with E-state index in [0.717, 1.165) is 0 Å². The number of carbonyl (C=O) groups is 1. The first-order chi connectivity index (χ1) is 4.20. The summed E-state index contributed by atoms with van der Waals surface area (Å²) < 4.78 is 4.63. The van der Waals surface area contributed by atoms with Gasteiger partial charge < -0.3 is 19.7 Å². The number of carbonyl (C=O) groups excluding carboxylic acids is 1. The van der Waals surface area contributed by atoms with Crippen molar-refractivity contribution in [2.75, 3.05) is 6.61 Å². The number of rotatable bonds is 3. The van der Waals surface area contributed by atoms with Crippen molar-refractivity contribution in [1.82, 2.24) is 0 Å². The zero-order chi connectivity index (χ0) is 6.85. The van der Waals surface area contributed by atoms with E-state index in [1.807, 2.05) is 0 Å². The molecular formula is C5H7KO4. The molecule has 4 nitrogen and oxygen atoms in total. The van der Waals surface area contributed by atoms with Crippen LogP contribution in [-0.4, -0.2) is 29.9 Å². The van der Waals surface area contributed by atoms with E-state index in [-0.39, 0.29) is 63.9 Å². The molecule has 1 fully saturated rings. The van der Waals surface area contributed by atoms with Gasteiger partial charge in [0.05, 0.1) is 12.7 Å². The molecule has 0 amide bonds. The molecule has 0 saturated carbocycles. The number of aliphatic hydroxyl groups excluding tert-OH is 1. The normalized spacial score (nSPS) is 24.7. The Labute approximate surface area is 101 Å². The molecule has 1 heterocycles. The van der Waals surface area contributed by atoms with Crippen LogP contribution in [0.25, 0.3) is 0 Å². The molecule has 1 rings (SSSR count). The van der Waals surface area contributed by atoms with E-state index < -0.39 is 12.1 Å². The van der Waals surface area contributed by atoms with Gasteiger partial charge in [0.1, 0.15) is 6.10 Å². The molecular weight excluding hydrogens is 163 g/mol. The summed E-state index contributed by atoms with van der Waals surface area (Å²) in [4.78, 5) is 9.82. The standard InChI is InChI=1S/C5H8O4.K/c6-3(1-5(7)8)4-2-9-4;/h3-4,6H,1-2H2,(H,7,8);/q;+1/p-1/t3-,4?;/m1./s1. The van der Waals surface area contributed by atoms with E-state index in [1.165, 1.54) is 0 Å². The number of carboxylic acid groups (broad SMARTS) is 1. The van der Waals surface area contributed by atoms with Gasteiger partial charge in [-0.25, -0.2) is 0 Å². The summed E-state index contributed by atoms with van der Waals surface area (Å²) in [5.41, 5.74) is 0. The van der Waals surface area contributed by atoms with E-state index in [9.17, 15) is 9.90 Å². The number of carboxylic acids is 1. The van der Waals surface area contributed by atoms with Crippen molar-refractivity contribution in [3.8, 4) is 0 Å². The van der Waals surface area contributed by atoms with Crippen molar-refractivity contribution in [2.24, 2.45) is 0 Å². The molecule has 1 N–H and O–H groups in total. The smallest absolute Gasteiger partial charge is 0.550 e. The van der Waals surface area contributed by atoms with Crippen LogP contribution in [-0.2, 0) is 9.53 Å². The van der Waals surface area contributed by atoms with Crippen LogP contribution >= 0.6 is 0 Å². The first-order valence-electron chi connectivity index (χ1n) is 2.69. The molecule has 1 aliphatic heterocycles. The average molecular weight is 170 g/mol. The van der Waals surface area contributed by atoms with Crippen molar-refractivity contribution < 1.29 is 71.1 Å². The van der Waals surface area contributed by atoms with Crippen LogP contribution in [0, 0.1) is 0 Å². The fraction of sp³-hybridized carbons (Fsp3) is 0.800. The van der Waals surface area contributed by atoms with E-state index in [0.29, 0.717) is 6.61 Å². The van der Waals surface area contributed by atoms with Gasteiger partial charge in [-0.15, -0.1) is 0 Å². The maximum Gasteiger partial charge on any atom is 1.00 e. The number of ether oxygens (including phenoxy) is 1. The second-order valence-electron chi connectivity index (χ2n) is 2.02. The van der Waals surface area contributed by atoms with Crippen molar-refractivity contribution in [3.63, 3.8) is 0 Å². The third-order valence-electron chi connectivity index (χ3n) is 1.16. The molecule has 0 radical (unpaired) electrons. The van der Waals surface area contributed by atoms with E-state index in [1.54, 1.807) is 0 Å². The summed E-state index contributed by atoms with van der Waals surface area (Å²) in [6.45, 7) is 0.467. The Bertz CT molecular complexity index is 123. The molecule has 2 atom stereocenters. The number of hydrogen-bond acceptors (Lipinski definition) is 4. The second kappa shape index (κ2) is 4.81. The molecule has 0 aromatic carbocycles. The van der Waals surface area contributed by atoms with Crippen LogP contribution < -0.4 is 56.5 Å². The molecule has 1 saturated heterocycles. The Morgan fingerprint density at radius 2 is 2.40 bits per heavy atom. The number of hydrogen-bond donors (Lipinski definition) is 1. The first-order valence-corrected chi connectivity index (χ1v) is 2.69. The fourth-order valence-corrected chi connectivity index (χ4v) is 0.580. The minimum atomic E-state index is -1.24. The molecule has 0 bridgehead atoms. The summed E-state index contributed by atoms with van der Waals surface area (Å²) in [6, 6.07) is 0. The Morgan fingerprint density at radius 3 is 2.70 bits per heavy atom. The largest absolute Gasteiger partial charge is 1.00 e. The van der Waals surface area contributed by atoms with Gasteiger partial charge in [-0.1, -0.05) is 0 Å². The molecule has 1 aliphatic rings. The third-order valence-corrected chi connectivity index (χ3v) is 1.16. The van der Waals surface area contributed by atoms with Gasteiger partial charge in [-0.05, 0) is 0 Å². The van der Waals surface area contributed by atoms with Crippen LogP contribution in [0.15, 0.2) is 0 Å². The predicted molar refractivity (Wildman–Crippen MR) is 25.4 cm³/mol. The molecule has 0 spiro atoms. The Kier molecular flexibility index (Phi) is 5.31. The number of epoxide rings is 1. The number of aliphatic hydroxyl groups is 1. The van der Waals surface area contributed by atoms with Crippen molar-refractivity contribution in [1.29, 1.82) is 0 Å². The SMILES string of the molecule is O=C([O-])C[C@@H](O)C1CO1.[K+]. The van der Waals surface area contributed by atoms with Crippen LogP contribution in [0.5, 0.6) is 0 Å². The fourth-order valence-electron chi connectivity index (χ4n) is 0.580. The molecule has 10 heavy (non-hydrogen) atoms. The molecule has 52 valence electrons. The number of aliphatic carboxylic acids is 1. The van der Waals surface area contributed by atoms with Gasteiger partial charge >= 0.3 is 51.4 Å². The maximum atomic E-state index is 9.82. The van der Waals surface area contributed by atoms with Crippen molar-refractivity contribution in [3.05, 3.63) is 0 Å². The summed E-state index contributed by atoms with van der Waals surface area (Å²) in [7, 11) is 0. The minimum Gasteiger partial charge on any atom is -0.550 e. The van der Waals surface area contributed by atoms with Gasteiger partial charge in [0.25, 0.3) is 0 Å². The van der Waals surface area contributed by atoms with E-state index >= 15 is 0 Å². The van der Waals surface area contributed by atoms with E-state index in [4.69, 9.17) is 5.11 Å². The maximum absolute atomic E-state index is 9.82. The molecule has 5 heteroatoms. The zero-order valence-corrected chi connectivity index (χ0v) is 8.86. The summed E-state index contributed by atoms with van der Waals surface area (Å²) >= 11 is 0. The predicted octanol–water partition coefficient (Wildman–Crippen LogP) is -5.11. The molecule has 1 unspecified atom stereocenters. The van der Waals surface area contributed by atoms with Crippen LogP contribution in [0.4, 0.5) is 0 Å². The van der Waals surface area contributed by atoms with Crippen molar-refractivity contribution >= 4 is 5.97 Å². The monoisotopic (exact) mass is 170 g/mol. The Balaban J connectivity index is 0.000000810. The van der Waals surface area contributed by atoms with Crippen molar-refractivity contribution in [2.45, 2.75) is 18.6 Å². The van der Waals surface area contributed by atoms with Gasteiger partial charge in [0.15, 0.2) is 0 Å². The topological polar surface area (TPSA) is 72.9 Å². The third kappa shape index (κ3) is 4.02. The van der Waals surface area contributed by atoms with Gasteiger partial charge in [0, 0.05) is 12.4 Å². The summed E-state index contributed by atoms with van der Waals surface area (Å²) in [6.07, 6.45) is -1.47. The zero-order valence-electron chi connectivity index (χ0n) is 5.74. The Morgan fingerprint density at radius 1 is 1.90 bits per heavy atom.